The molecule has 0 aliphatic carbocycles. The Hall–Kier alpha value is -3.93. The van der Waals surface area contributed by atoms with Crippen molar-refractivity contribution in [3.8, 4) is 11.5 Å². The molecule has 0 unspecified atom stereocenters. The zero-order chi connectivity index (χ0) is 20.6. The number of nitrogens with zero attached hydrogens (tertiary/aromatic N) is 1. The van der Waals surface area contributed by atoms with E-state index < -0.39 is 4.92 Å². The molecule has 0 saturated carbocycles. The van der Waals surface area contributed by atoms with Gasteiger partial charge in [0.1, 0.15) is 18.1 Å². The topological polar surface area (TPSA) is 78.7 Å². The third kappa shape index (κ3) is 5.29. The van der Waals surface area contributed by atoms with Crippen LogP contribution < -0.4 is 9.47 Å². The zero-order valence-corrected chi connectivity index (χ0v) is 15.8. The predicted octanol–water partition coefficient (Wildman–Crippen LogP) is 5.08. The van der Waals surface area contributed by atoms with Gasteiger partial charge in [-0.25, -0.2) is 0 Å². The van der Waals surface area contributed by atoms with E-state index in [-0.39, 0.29) is 11.5 Å². The third-order valence-electron chi connectivity index (χ3n) is 4.20. The van der Waals surface area contributed by atoms with Gasteiger partial charge in [0, 0.05) is 12.1 Å². The lowest BCUT2D eigenvalue weighted by atomic mass is 10.1. The highest BCUT2D eigenvalue weighted by atomic mass is 16.6. The molecule has 0 heterocycles. The number of nitro benzene ring substituents is 1. The first-order valence-electron chi connectivity index (χ1n) is 8.88. The van der Waals surface area contributed by atoms with E-state index in [9.17, 15) is 14.9 Å². The van der Waals surface area contributed by atoms with Crippen molar-refractivity contribution in [2.24, 2.45) is 0 Å². The highest BCUT2D eigenvalue weighted by molar-refractivity contribution is 6.08. The Kier molecular flexibility index (Phi) is 6.37. The largest absolute Gasteiger partial charge is 0.497 e. The van der Waals surface area contributed by atoms with Gasteiger partial charge in [-0.2, -0.15) is 0 Å². The van der Waals surface area contributed by atoms with Crippen molar-refractivity contribution >= 4 is 17.5 Å². The van der Waals surface area contributed by atoms with E-state index >= 15 is 0 Å². The van der Waals surface area contributed by atoms with Crippen LogP contribution in [0.3, 0.4) is 0 Å². The second-order valence-electron chi connectivity index (χ2n) is 6.19. The molecule has 0 aliphatic rings. The Morgan fingerprint density at radius 1 is 1.03 bits per heavy atom. The first-order valence-corrected chi connectivity index (χ1v) is 8.88. The monoisotopic (exact) mass is 389 g/mol. The smallest absolute Gasteiger partial charge is 0.270 e. The van der Waals surface area contributed by atoms with Gasteiger partial charge in [-0.1, -0.05) is 48.5 Å². The molecule has 29 heavy (non-hydrogen) atoms. The summed E-state index contributed by atoms with van der Waals surface area (Å²) >= 11 is 0. The number of ketones is 1. The summed E-state index contributed by atoms with van der Waals surface area (Å²) in [6, 6.07) is 20.7. The number of carbonyl (C=O) groups is 1. The normalized spacial score (nSPS) is 10.7. The lowest BCUT2D eigenvalue weighted by molar-refractivity contribution is -0.384. The highest BCUT2D eigenvalue weighted by Crippen LogP contribution is 2.26. The minimum absolute atomic E-state index is 0.0344. The summed E-state index contributed by atoms with van der Waals surface area (Å²) in [5.41, 5.74) is 1.85. The van der Waals surface area contributed by atoms with E-state index in [4.69, 9.17) is 9.47 Å². The van der Waals surface area contributed by atoms with Crippen LogP contribution in [0.4, 0.5) is 5.69 Å². The second kappa shape index (κ2) is 9.32. The van der Waals surface area contributed by atoms with Gasteiger partial charge in [0.25, 0.3) is 5.69 Å². The van der Waals surface area contributed by atoms with Crippen molar-refractivity contribution in [1.29, 1.82) is 0 Å². The molecule has 0 aromatic heterocycles. The van der Waals surface area contributed by atoms with Gasteiger partial charge in [0.15, 0.2) is 5.78 Å². The van der Waals surface area contributed by atoms with E-state index in [2.05, 4.69) is 0 Å². The van der Waals surface area contributed by atoms with Gasteiger partial charge in [0.2, 0.25) is 0 Å². The maximum atomic E-state index is 12.8. The van der Waals surface area contributed by atoms with Crippen LogP contribution in [0.2, 0.25) is 0 Å². The van der Waals surface area contributed by atoms with Crippen LogP contribution in [0.15, 0.2) is 78.9 Å². The van der Waals surface area contributed by atoms with Crippen LogP contribution in [0.25, 0.3) is 6.08 Å². The fourth-order valence-corrected chi connectivity index (χ4v) is 2.69. The minimum atomic E-state index is -0.475. The molecule has 0 spiro atoms. The van der Waals surface area contributed by atoms with Gasteiger partial charge in [-0.3, -0.25) is 14.9 Å². The standard InChI is InChI=1S/C23H19NO5/c1-28-20-11-13-23(29-16-18-6-3-2-4-7-18)21(15-20)22(25)12-10-17-8-5-9-19(14-17)24(26)27/h2-15H,16H2,1H3/b12-10+. The van der Waals surface area contributed by atoms with Crippen molar-refractivity contribution in [1.82, 2.24) is 0 Å². The number of rotatable bonds is 8. The Morgan fingerprint density at radius 2 is 1.83 bits per heavy atom. The summed E-state index contributed by atoms with van der Waals surface area (Å²) in [5.74, 6) is 0.672. The molecule has 0 radical (unpaired) electrons. The lowest BCUT2D eigenvalue weighted by Gasteiger charge is -2.11. The summed E-state index contributed by atoms with van der Waals surface area (Å²) in [4.78, 5) is 23.2. The fraction of sp³-hybridized carbons (Fsp3) is 0.0870. The SMILES string of the molecule is COc1ccc(OCc2ccccc2)c(C(=O)/C=C/c2cccc([N+](=O)[O-])c2)c1. The molecule has 3 aromatic rings. The number of carbonyl (C=O) groups excluding carboxylic acids is 1. The van der Waals surface area contributed by atoms with Crippen molar-refractivity contribution in [3.05, 3.63) is 106 Å². The molecule has 6 nitrogen and oxygen atoms in total. The van der Waals surface area contributed by atoms with E-state index in [0.717, 1.165) is 5.56 Å². The fourth-order valence-electron chi connectivity index (χ4n) is 2.69. The number of benzene rings is 3. The van der Waals surface area contributed by atoms with Crippen molar-refractivity contribution in [3.63, 3.8) is 0 Å². The number of non-ortho nitro benzene ring substituents is 1. The molecule has 3 rings (SSSR count). The van der Waals surface area contributed by atoms with Gasteiger partial charge in [-0.15, -0.1) is 0 Å². The number of allylic oxidation sites excluding steroid dienone is 1. The van der Waals surface area contributed by atoms with Crippen LogP contribution in [0.1, 0.15) is 21.5 Å². The van der Waals surface area contributed by atoms with Crippen LogP contribution >= 0.6 is 0 Å². The first kappa shape index (κ1) is 19.8. The summed E-state index contributed by atoms with van der Waals surface area (Å²) in [6.45, 7) is 0.321. The van der Waals surface area contributed by atoms with Gasteiger partial charge in [-0.05, 0) is 35.4 Å². The highest BCUT2D eigenvalue weighted by Gasteiger charge is 2.13. The van der Waals surface area contributed by atoms with Crippen LogP contribution in [0, 0.1) is 10.1 Å². The predicted molar refractivity (Wildman–Crippen MR) is 110 cm³/mol. The average Bonchev–Trinajstić information content (AvgIpc) is 2.76. The van der Waals surface area contributed by atoms with E-state index in [1.165, 1.54) is 31.4 Å². The van der Waals surface area contributed by atoms with Crippen LogP contribution in [-0.2, 0) is 6.61 Å². The molecule has 0 saturated heterocycles. The Balaban J connectivity index is 1.82. The second-order valence-corrected chi connectivity index (χ2v) is 6.19. The molecule has 0 fully saturated rings. The van der Waals surface area contributed by atoms with Gasteiger partial charge >= 0.3 is 0 Å². The van der Waals surface area contributed by atoms with Crippen LogP contribution in [0.5, 0.6) is 11.5 Å². The number of hydrogen-bond donors (Lipinski definition) is 0. The summed E-state index contributed by atoms with van der Waals surface area (Å²) in [6.07, 6.45) is 2.90. The summed E-state index contributed by atoms with van der Waals surface area (Å²) in [5, 5.41) is 10.9. The lowest BCUT2D eigenvalue weighted by Crippen LogP contribution is -2.03. The van der Waals surface area contributed by atoms with Gasteiger partial charge in [0.05, 0.1) is 17.6 Å². The van der Waals surface area contributed by atoms with Crippen LogP contribution in [-0.4, -0.2) is 17.8 Å². The number of methoxy groups -OCH3 is 1. The maximum Gasteiger partial charge on any atom is 0.270 e. The van der Waals surface area contributed by atoms with Crippen molar-refractivity contribution in [2.45, 2.75) is 6.61 Å². The molecule has 146 valence electrons. The Bertz CT molecular complexity index is 1040. The molecule has 0 aliphatic heterocycles. The third-order valence-corrected chi connectivity index (χ3v) is 4.20. The Labute approximate surface area is 168 Å². The first-order chi connectivity index (χ1) is 14.1. The quantitative estimate of drug-likeness (QED) is 0.232. The average molecular weight is 389 g/mol. The number of ether oxygens (including phenoxy) is 2. The van der Waals surface area contributed by atoms with E-state index in [0.29, 0.717) is 29.2 Å². The molecule has 6 heteroatoms. The molecule has 0 bridgehead atoms. The van der Waals surface area contributed by atoms with E-state index in [1.807, 2.05) is 30.3 Å². The summed E-state index contributed by atoms with van der Waals surface area (Å²) in [7, 11) is 1.52. The number of nitro groups is 1. The molecule has 0 amide bonds. The summed E-state index contributed by atoms with van der Waals surface area (Å²) < 4.78 is 11.1. The van der Waals surface area contributed by atoms with Crippen molar-refractivity contribution < 1.29 is 19.2 Å². The Morgan fingerprint density at radius 3 is 2.55 bits per heavy atom. The molecular weight excluding hydrogens is 370 g/mol. The van der Waals surface area contributed by atoms with E-state index in [1.54, 1.807) is 30.3 Å². The number of hydrogen-bond acceptors (Lipinski definition) is 5. The molecular formula is C23H19NO5. The van der Waals surface area contributed by atoms with Crippen molar-refractivity contribution in [2.75, 3.05) is 7.11 Å². The molecule has 0 atom stereocenters. The minimum Gasteiger partial charge on any atom is -0.497 e. The zero-order valence-electron chi connectivity index (χ0n) is 15.8. The molecule has 3 aromatic carbocycles. The maximum absolute atomic E-state index is 12.8. The molecule has 0 N–H and O–H groups in total. The van der Waals surface area contributed by atoms with Gasteiger partial charge < -0.3 is 9.47 Å².